The zero-order valence-corrected chi connectivity index (χ0v) is 20.5. The van der Waals surface area contributed by atoms with E-state index >= 15 is 0 Å². The molecular formula is C19H38F3IN6. The lowest BCUT2D eigenvalue weighted by molar-refractivity contribution is -0.181. The molecule has 0 bridgehead atoms. The van der Waals surface area contributed by atoms with Gasteiger partial charge in [0.2, 0.25) is 0 Å². The molecule has 2 heterocycles. The van der Waals surface area contributed by atoms with E-state index in [-0.39, 0.29) is 24.0 Å². The van der Waals surface area contributed by atoms with Gasteiger partial charge in [-0.2, -0.15) is 13.2 Å². The zero-order chi connectivity index (χ0) is 20.7. The van der Waals surface area contributed by atoms with Gasteiger partial charge in [-0.3, -0.25) is 9.89 Å². The smallest absolute Gasteiger partial charge is 0.356 e. The van der Waals surface area contributed by atoms with Gasteiger partial charge in [-0.05, 0) is 19.4 Å². The fraction of sp³-hybridized carbons (Fsp3) is 0.947. The highest BCUT2D eigenvalue weighted by molar-refractivity contribution is 14.0. The van der Waals surface area contributed by atoms with Gasteiger partial charge >= 0.3 is 6.18 Å². The van der Waals surface area contributed by atoms with E-state index in [0.29, 0.717) is 32.1 Å². The lowest BCUT2D eigenvalue weighted by Crippen LogP contribution is -2.57. The molecular weight excluding hydrogens is 496 g/mol. The second kappa shape index (κ2) is 12.5. The molecule has 2 unspecified atom stereocenters. The van der Waals surface area contributed by atoms with Crippen LogP contribution in [0.3, 0.4) is 0 Å². The molecule has 2 fully saturated rings. The second-order valence-electron chi connectivity index (χ2n) is 8.01. The maximum atomic E-state index is 12.9. The van der Waals surface area contributed by atoms with Crippen molar-refractivity contribution in [2.75, 3.05) is 79.0 Å². The molecule has 1 N–H and O–H groups in total. The lowest BCUT2D eigenvalue weighted by Gasteiger charge is -2.40. The number of nitrogens with zero attached hydrogens (tertiary/aromatic N) is 5. The first-order chi connectivity index (χ1) is 13.2. The maximum Gasteiger partial charge on any atom is 0.403 e. The molecule has 0 aromatic heterocycles. The summed E-state index contributed by atoms with van der Waals surface area (Å²) in [4.78, 5) is 12.9. The van der Waals surface area contributed by atoms with Crippen LogP contribution in [0.2, 0.25) is 0 Å². The number of piperazine rings is 2. The second-order valence-corrected chi connectivity index (χ2v) is 8.01. The van der Waals surface area contributed by atoms with Crippen LogP contribution in [0.15, 0.2) is 4.99 Å². The topological polar surface area (TPSA) is 37.4 Å². The summed E-state index contributed by atoms with van der Waals surface area (Å²) < 4.78 is 38.7. The summed E-state index contributed by atoms with van der Waals surface area (Å²) in [6, 6.07) is -1.39. The number of halogens is 4. The minimum Gasteiger partial charge on any atom is -0.356 e. The third-order valence-electron chi connectivity index (χ3n) is 5.94. The molecule has 10 heteroatoms. The number of hydrogen-bond donors (Lipinski definition) is 1. The number of alkyl halides is 3. The lowest BCUT2D eigenvalue weighted by atomic mass is 10.1. The maximum absolute atomic E-state index is 12.9. The standard InChI is InChI=1S/C19H37F3N6.HI/c1-5-25-6-8-26(9-7-25)15-16(2)14-24-18(23-4)28-12-10-27(11-13-28)17(3)19(20,21)22;/h16-17H,5-15H2,1-4H3,(H,23,24);1H. The molecule has 0 spiro atoms. The number of guanidine groups is 1. The Morgan fingerprint density at radius 2 is 1.52 bits per heavy atom. The minimum atomic E-state index is -4.17. The van der Waals surface area contributed by atoms with Crippen LogP contribution in [0.4, 0.5) is 13.2 Å². The van der Waals surface area contributed by atoms with Crippen molar-refractivity contribution < 1.29 is 13.2 Å². The molecule has 2 aliphatic rings. The van der Waals surface area contributed by atoms with Crippen LogP contribution < -0.4 is 5.32 Å². The molecule has 2 saturated heterocycles. The van der Waals surface area contributed by atoms with E-state index < -0.39 is 12.2 Å². The summed E-state index contributed by atoms with van der Waals surface area (Å²) in [5, 5.41) is 3.42. The Bertz CT molecular complexity index is 489. The Morgan fingerprint density at radius 3 is 2.00 bits per heavy atom. The fourth-order valence-electron chi connectivity index (χ4n) is 3.92. The third-order valence-corrected chi connectivity index (χ3v) is 5.94. The SMILES string of the molecule is CCN1CCN(CC(C)CNC(=NC)N2CCN(C(C)C(F)(F)F)CC2)CC1.I. The van der Waals surface area contributed by atoms with Crippen molar-refractivity contribution in [1.82, 2.24) is 24.9 Å². The molecule has 172 valence electrons. The predicted octanol–water partition coefficient (Wildman–Crippen LogP) is 2.02. The van der Waals surface area contributed by atoms with E-state index in [9.17, 15) is 13.2 Å². The van der Waals surface area contributed by atoms with Crippen LogP contribution in [0.25, 0.3) is 0 Å². The Morgan fingerprint density at radius 1 is 0.966 bits per heavy atom. The largest absolute Gasteiger partial charge is 0.403 e. The predicted molar refractivity (Wildman–Crippen MR) is 123 cm³/mol. The van der Waals surface area contributed by atoms with Crippen LogP contribution in [0, 0.1) is 5.92 Å². The van der Waals surface area contributed by atoms with Crippen molar-refractivity contribution in [2.45, 2.75) is 33.0 Å². The monoisotopic (exact) mass is 534 g/mol. The molecule has 6 nitrogen and oxygen atoms in total. The minimum absolute atomic E-state index is 0. The number of hydrogen-bond acceptors (Lipinski definition) is 4. The summed E-state index contributed by atoms with van der Waals surface area (Å²) >= 11 is 0. The molecule has 2 rings (SSSR count). The van der Waals surface area contributed by atoms with E-state index in [1.807, 2.05) is 0 Å². The molecule has 0 aromatic carbocycles. The highest BCUT2D eigenvalue weighted by Crippen LogP contribution is 2.25. The number of likely N-dealkylation sites (N-methyl/N-ethyl adjacent to an activating group) is 1. The summed E-state index contributed by atoms with van der Waals surface area (Å²) in [5.41, 5.74) is 0. The van der Waals surface area contributed by atoms with Gasteiger partial charge in [0.1, 0.15) is 6.04 Å². The number of rotatable bonds is 6. The van der Waals surface area contributed by atoms with Crippen molar-refractivity contribution in [3.05, 3.63) is 0 Å². The van der Waals surface area contributed by atoms with E-state index in [0.717, 1.165) is 51.8 Å². The fourth-order valence-corrected chi connectivity index (χ4v) is 3.92. The number of aliphatic imine (C=N–C) groups is 1. The summed E-state index contributed by atoms with van der Waals surface area (Å²) in [5.74, 6) is 1.28. The Kier molecular flexibility index (Phi) is 11.5. The Balaban J connectivity index is 0.00000420. The van der Waals surface area contributed by atoms with Crippen molar-refractivity contribution in [1.29, 1.82) is 0 Å². The molecule has 29 heavy (non-hydrogen) atoms. The molecule has 0 amide bonds. The van der Waals surface area contributed by atoms with E-state index in [4.69, 9.17) is 0 Å². The van der Waals surface area contributed by atoms with E-state index in [2.05, 4.69) is 38.9 Å². The van der Waals surface area contributed by atoms with Crippen molar-refractivity contribution in [3.63, 3.8) is 0 Å². The molecule has 2 aliphatic heterocycles. The van der Waals surface area contributed by atoms with Gasteiger partial charge in [0.05, 0.1) is 0 Å². The van der Waals surface area contributed by atoms with E-state index in [1.165, 1.54) is 11.8 Å². The average molecular weight is 534 g/mol. The van der Waals surface area contributed by atoms with Gasteiger partial charge in [0.25, 0.3) is 0 Å². The normalized spacial score (nSPS) is 22.9. The van der Waals surface area contributed by atoms with Crippen LogP contribution in [0.1, 0.15) is 20.8 Å². The summed E-state index contributed by atoms with van der Waals surface area (Å²) in [6.45, 7) is 15.1. The van der Waals surface area contributed by atoms with Crippen molar-refractivity contribution in [3.8, 4) is 0 Å². The van der Waals surface area contributed by atoms with Crippen molar-refractivity contribution in [2.24, 2.45) is 10.9 Å². The van der Waals surface area contributed by atoms with Crippen LogP contribution in [-0.2, 0) is 0 Å². The highest BCUT2D eigenvalue weighted by atomic mass is 127. The van der Waals surface area contributed by atoms with Gasteiger partial charge in [0.15, 0.2) is 5.96 Å². The third kappa shape index (κ3) is 8.37. The van der Waals surface area contributed by atoms with Gasteiger partial charge in [-0.25, -0.2) is 0 Å². The van der Waals surface area contributed by atoms with Crippen LogP contribution >= 0.6 is 24.0 Å². The van der Waals surface area contributed by atoms with Crippen LogP contribution in [0.5, 0.6) is 0 Å². The van der Waals surface area contributed by atoms with Gasteiger partial charge in [0, 0.05) is 72.5 Å². The Labute approximate surface area is 190 Å². The zero-order valence-electron chi connectivity index (χ0n) is 18.2. The van der Waals surface area contributed by atoms with Gasteiger partial charge in [-0.1, -0.05) is 13.8 Å². The summed E-state index contributed by atoms with van der Waals surface area (Å²) in [7, 11) is 1.74. The van der Waals surface area contributed by atoms with Crippen LogP contribution in [-0.4, -0.2) is 117 Å². The van der Waals surface area contributed by atoms with Crippen molar-refractivity contribution >= 4 is 29.9 Å². The summed E-state index contributed by atoms with van der Waals surface area (Å²) in [6.07, 6.45) is -4.17. The molecule has 0 radical (unpaired) electrons. The first-order valence-electron chi connectivity index (χ1n) is 10.5. The first kappa shape index (κ1) is 26.7. The van der Waals surface area contributed by atoms with Gasteiger partial charge < -0.3 is 20.0 Å². The quantitative estimate of drug-likeness (QED) is 0.321. The number of nitrogens with one attached hydrogen (secondary N) is 1. The Hall–Kier alpha value is -0.330. The molecule has 0 aliphatic carbocycles. The highest BCUT2D eigenvalue weighted by Gasteiger charge is 2.41. The first-order valence-corrected chi connectivity index (χ1v) is 10.5. The van der Waals surface area contributed by atoms with E-state index in [1.54, 1.807) is 7.05 Å². The molecule has 2 atom stereocenters. The van der Waals surface area contributed by atoms with Gasteiger partial charge in [-0.15, -0.1) is 24.0 Å². The molecule has 0 aromatic rings. The average Bonchev–Trinajstić information content (AvgIpc) is 2.68. The molecule has 0 saturated carbocycles.